The molecule has 0 aliphatic rings. The van der Waals surface area contributed by atoms with Gasteiger partial charge in [0.25, 0.3) is 0 Å². The van der Waals surface area contributed by atoms with Gasteiger partial charge in [-0.15, -0.1) is 0 Å². The van der Waals surface area contributed by atoms with Crippen LogP contribution >= 0.6 is 0 Å². The van der Waals surface area contributed by atoms with Gasteiger partial charge in [-0.05, 0) is 59.4 Å². The van der Waals surface area contributed by atoms with Gasteiger partial charge < -0.3 is 9.78 Å². The maximum absolute atomic E-state index is 5.79. The van der Waals surface area contributed by atoms with Gasteiger partial charge in [-0.25, -0.2) is 0 Å². The highest BCUT2D eigenvalue weighted by Gasteiger charge is 2.25. The maximum atomic E-state index is 5.79. The predicted molar refractivity (Wildman–Crippen MR) is 97.6 cm³/mol. The summed E-state index contributed by atoms with van der Waals surface area (Å²) in [5.74, 6) is 1.89. The molecule has 0 amide bonds. The molecule has 0 aromatic heterocycles. The van der Waals surface area contributed by atoms with Crippen molar-refractivity contribution in [3.8, 4) is 11.5 Å². The lowest BCUT2D eigenvalue weighted by molar-refractivity contribution is -0.280. The van der Waals surface area contributed by atoms with Crippen molar-refractivity contribution in [1.82, 2.24) is 0 Å². The fourth-order valence-corrected chi connectivity index (χ4v) is 2.10. The molecule has 0 unspecified atom stereocenters. The Kier molecular flexibility index (Phi) is 6.71. The van der Waals surface area contributed by atoms with Crippen LogP contribution in [0.3, 0.4) is 0 Å². The lowest BCUT2D eigenvalue weighted by Crippen LogP contribution is -2.23. The Balaban J connectivity index is 3.31. The van der Waals surface area contributed by atoms with Crippen molar-refractivity contribution in [2.24, 2.45) is 0 Å². The van der Waals surface area contributed by atoms with Crippen molar-refractivity contribution in [2.45, 2.75) is 92.3 Å². The molecular weight excluding hydrogens is 304 g/mol. The van der Waals surface area contributed by atoms with Crippen molar-refractivity contribution in [3.05, 3.63) is 23.3 Å². The zero-order valence-electron chi connectivity index (χ0n) is 16.9. The van der Waals surface area contributed by atoms with Crippen LogP contribution < -0.4 is 9.78 Å². The van der Waals surface area contributed by atoms with Gasteiger partial charge in [0.05, 0.1) is 0 Å². The molecular formula is C20H34O4. The summed E-state index contributed by atoms with van der Waals surface area (Å²) < 4.78 is 0. The Morgan fingerprint density at radius 1 is 0.708 bits per heavy atom. The van der Waals surface area contributed by atoms with Crippen LogP contribution in [0.1, 0.15) is 92.2 Å². The van der Waals surface area contributed by atoms with Gasteiger partial charge >= 0.3 is 0 Å². The average molecular weight is 338 g/mol. The molecule has 0 aliphatic carbocycles. The molecule has 0 saturated heterocycles. The van der Waals surface area contributed by atoms with E-state index in [4.69, 9.17) is 19.6 Å². The molecule has 0 heterocycles. The zero-order valence-corrected chi connectivity index (χ0v) is 16.9. The van der Waals surface area contributed by atoms with E-state index >= 15 is 0 Å². The van der Waals surface area contributed by atoms with E-state index in [9.17, 15) is 0 Å². The Hall–Kier alpha value is -1.26. The first-order chi connectivity index (χ1) is 10.8. The SMILES string of the molecule is CC(C)c1ccc(OOC(C)(C)C)c(C(C)C)c1OOC(C)(C)C. The fraction of sp³-hybridized carbons (Fsp3) is 0.700. The zero-order chi connectivity index (χ0) is 18.7. The molecule has 0 saturated carbocycles. The molecule has 4 heteroatoms. The van der Waals surface area contributed by atoms with E-state index in [0.29, 0.717) is 11.7 Å². The molecule has 0 N–H and O–H groups in total. The molecule has 0 fully saturated rings. The van der Waals surface area contributed by atoms with E-state index in [1.54, 1.807) is 0 Å². The number of benzene rings is 1. The minimum absolute atomic E-state index is 0.195. The minimum Gasteiger partial charge on any atom is -0.337 e. The summed E-state index contributed by atoms with van der Waals surface area (Å²) in [5.41, 5.74) is 1.25. The molecule has 0 atom stereocenters. The molecule has 0 spiro atoms. The highest BCUT2D eigenvalue weighted by atomic mass is 17.2. The summed E-state index contributed by atoms with van der Waals surface area (Å²) in [4.78, 5) is 22.5. The summed E-state index contributed by atoms with van der Waals surface area (Å²) in [6.45, 7) is 20.2. The van der Waals surface area contributed by atoms with Gasteiger partial charge in [0, 0.05) is 11.1 Å². The van der Waals surface area contributed by atoms with Gasteiger partial charge in [0.2, 0.25) is 0 Å². The summed E-state index contributed by atoms with van der Waals surface area (Å²) in [7, 11) is 0. The van der Waals surface area contributed by atoms with E-state index in [2.05, 4.69) is 27.7 Å². The van der Waals surface area contributed by atoms with Gasteiger partial charge in [-0.3, -0.25) is 0 Å². The third-order valence-electron chi connectivity index (χ3n) is 3.14. The predicted octanol–water partition coefficient (Wildman–Crippen LogP) is 6.15. The van der Waals surface area contributed by atoms with Crippen LogP contribution in [0.2, 0.25) is 0 Å². The Morgan fingerprint density at radius 3 is 1.62 bits per heavy atom. The minimum atomic E-state index is -0.402. The van der Waals surface area contributed by atoms with Crippen LogP contribution in [0.5, 0.6) is 11.5 Å². The lowest BCUT2D eigenvalue weighted by atomic mass is 9.93. The van der Waals surface area contributed by atoms with Crippen molar-refractivity contribution >= 4 is 0 Å². The summed E-state index contributed by atoms with van der Waals surface area (Å²) in [5, 5.41) is 0. The van der Waals surface area contributed by atoms with E-state index < -0.39 is 11.2 Å². The van der Waals surface area contributed by atoms with Crippen LogP contribution in [-0.2, 0) is 9.78 Å². The quantitative estimate of drug-likeness (QED) is 0.460. The second-order valence-electron chi connectivity index (χ2n) is 8.76. The number of hydrogen-bond acceptors (Lipinski definition) is 4. The highest BCUT2D eigenvalue weighted by Crippen LogP contribution is 2.41. The van der Waals surface area contributed by atoms with Crippen molar-refractivity contribution in [1.29, 1.82) is 0 Å². The normalized spacial score (nSPS) is 12.8. The molecule has 1 aromatic rings. The maximum Gasteiger partial charge on any atom is 0.176 e. The summed E-state index contributed by atoms with van der Waals surface area (Å²) in [6, 6.07) is 3.96. The standard InChI is InChI=1S/C20H34O4/c1-13(2)15-11-12-16(21-23-19(5,6)7)17(14(3)4)18(15)22-24-20(8,9)10/h11-14H,1-10H3. The third-order valence-corrected chi connectivity index (χ3v) is 3.14. The van der Waals surface area contributed by atoms with Crippen LogP contribution in [0.15, 0.2) is 12.1 Å². The van der Waals surface area contributed by atoms with Crippen molar-refractivity contribution in [2.75, 3.05) is 0 Å². The topological polar surface area (TPSA) is 36.9 Å². The second kappa shape index (κ2) is 7.75. The van der Waals surface area contributed by atoms with E-state index in [0.717, 1.165) is 16.9 Å². The first-order valence-electron chi connectivity index (χ1n) is 8.70. The first kappa shape index (κ1) is 20.8. The molecule has 1 aromatic carbocycles. The van der Waals surface area contributed by atoms with E-state index in [1.165, 1.54) is 0 Å². The van der Waals surface area contributed by atoms with Crippen LogP contribution in [0, 0.1) is 0 Å². The molecule has 1 rings (SSSR count). The summed E-state index contributed by atoms with van der Waals surface area (Å²) >= 11 is 0. The Labute approximate surface area is 147 Å². The number of hydrogen-bond donors (Lipinski definition) is 0. The van der Waals surface area contributed by atoms with Gasteiger partial charge in [-0.1, -0.05) is 33.8 Å². The van der Waals surface area contributed by atoms with Crippen molar-refractivity contribution in [3.63, 3.8) is 0 Å². The lowest BCUT2D eigenvalue weighted by Gasteiger charge is -2.25. The average Bonchev–Trinajstić information content (AvgIpc) is 2.39. The van der Waals surface area contributed by atoms with Crippen molar-refractivity contribution < 1.29 is 19.6 Å². The molecule has 24 heavy (non-hydrogen) atoms. The molecule has 0 aliphatic heterocycles. The fourth-order valence-electron chi connectivity index (χ4n) is 2.10. The molecule has 0 bridgehead atoms. The van der Waals surface area contributed by atoms with Crippen LogP contribution in [0.4, 0.5) is 0 Å². The molecule has 138 valence electrons. The van der Waals surface area contributed by atoms with Gasteiger partial charge in [0.15, 0.2) is 11.5 Å². The smallest absolute Gasteiger partial charge is 0.176 e. The van der Waals surface area contributed by atoms with E-state index in [1.807, 2.05) is 53.7 Å². The number of rotatable bonds is 6. The van der Waals surface area contributed by atoms with E-state index in [-0.39, 0.29) is 5.92 Å². The van der Waals surface area contributed by atoms with Crippen LogP contribution in [-0.4, -0.2) is 11.2 Å². The third kappa shape index (κ3) is 6.33. The molecule has 4 nitrogen and oxygen atoms in total. The Morgan fingerprint density at radius 2 is 1.21 bits per heavy atom. The second-order valence-corrected chi connectivity index (χ2v) is 8.76. The first-order valence-corrected chi connectivity index (χ1v) is 8.70. The highest BCUT2D eigenvalue weighted by molar-refractivity contribution is 5.52. The summed E-state index contributed by atoms with van der Waals surface area (Å²) in [6.07, 6.45) is 0. The van der Waals surface area contributed by atoms with Crippen LogP contribution in [0.25, 0.3) is 0 Å². The monoisotopic (exact) mass is 338 g/mol. The van der Waals surface area contributed by atoms with Gasteiger partial charge in [0.1, 0.15) is 11.2 Å². The van der Waals surface area contributed by atoms with Gasteiger partial charge in [-0.2, -0.15) is 9.78 Å². The Bertz CT molecular complexity index is 534. The largest absolute Gasteiger partial charge is 0.337 e. The molecule has 0 radical (unpaired) electrons.